The van der Waals surface area contributed by atoms with Gasteiger partial charge in [0.05, 0.1) is 11.8 Å². The Morgan fingerprint density at radius 2 is 2.10 bits per heavy atom. The number of sulfonamides is 1. The Balaban J connectivity index is 2.13. The number of hydrogen-bond donors (Lipinski definition) is 3. The summed E-state index contributed by atoms with van der Waals surface area (Å²) in [6.07, 6.45) is 2.05. The lowest BCUT2D eigenvalue weighted by atomic mass is 9.89. The van der Waals surface area contributed by atoms with Crippen molar-refractivity contribution in [3.8, 4) is 0 Å². The lowest BCUT2D eigenvalue weighted by molar-refractivity contribution is 0.00295. The maximum atomic E-state index is 12.0. The summed E-state index contributed by atoms with van der Waals surface area (Å²) in [4.78, 5) is 0.180. The first-order chi connectivity index (χ1) is 9.46. The van der Waals surface area contributed by atoms with Crippen LogP contribution in [-0.2, 0) is 14.8 Å². The van der Waals surface area contributed by atoms with Crippen LogP contribution in [-0.4, -0.2) is 34.2 Å². The van der Waals surface area contributed by atoms with Crippen LogP contribution in [0, 0.1) is 0 Å². The fraction of sp³-hybridized carbons (Fsp3) is 0.538. The first kappa shape index (κ1) is 15.1. The number of ether oxygens (including phenoxy) is 1. The molecule has 112 valence electrons. The van der Waals surface area contributed by atoms with E-state index in [1.54, 1.807) is 12.1 Å². The minimum Gasteiger partial charge on any atom is -0.399 e. The molecule has 1 aliphatic carbocycles. The molecule has 0 amide bonds. The summed E-state index contributed by atoms with van der Waals surface area (Å²) in [5.41, 5.74) is 6.68. The van der Waals surface area contributed by atoms with Gasteiger partial charge >= 0.3 is 0 Å². The highest BCUT2D eigenvalue weighted by molar-refractivity contribution is 7.89. The van der Waals surface area contributed by atoms with E-state index in [1.807, 2.05) is 6.92 Å². The molecule has 1 aromatic rings. The number of anilines is 2. The molecular formula is C13H21N3O3S. The van der Waals surface area contributed by atoms with Crippen LogP contribution in [0.15, 0.2) is 23.1 Å². The standard InChI is InChI=1S/C13H21N3O3S/c1-3-19-11-7-10(8-11)16-12-5-4-9(14)6-13(12)20(17,18)15-2/h4-6,10-11,15-16H,3,7-8,14H2,1-2H3. The molecule has 2 rings (SSSR count). The topological polar surface area (TPSA) is 93.4 Å². The molecule has 0 radical (unpaired) electrons. The third kappa shape index (κ3) is 3.23. The highest BCUT2D eigenvalue weighted by atomic mass is 32.2. The zero-order chi connectivity index (χ0) is 14.8. The van der Waals surface area contributed by atoms with Gasteiger partial charge in [0.15, 0.2) is 0 Å². The van der Waals surface area contributed by atoms with Gasteiger partial charge in [-0.15, -0.1) is 0 Å². The molecule has 0 spiro atoms. The van der Waals surface area contributed by atoms with Gasteiger partial charge in [-0.05, 0) is 45.0 Å². The van der Waals surface area contributed by atoms with Crippen LogP contribution in [0.2, 0.25) is 0 Å². The molecule has 4 N–H and O–H groups in total. The molecule has 1 aliphatic rings. The van der Waals surface area contributed by atoms with Crippen LogP contribution < -0.4 is 15.8 Å². The number of hydrogen-bond acceptors (Lipinski definition) is 5. The van der Waals surface area contributed by atoms with Gasteiger partial charge < -0.3 is 15.8 Å². The quantitative estimate of drug-likeness (QED) is 0.685. The SMILES string of the molecule is CCOC1CC(Nc2ccc(N)cc2S(=O)(=O)NC)C1. The number of benzene rings is 1. The molecule has 0 atom stereocenters. The lowest BCUT2D eigenvalue weighted by Gasteiger charge is -2.36. The fourth-order valence-electron chi connectivity index (χ4n) is 2.27. The largest absolute Gasteiger partial charge is 0.399 e. The van der Waals surface area contributed by atoms with Gasteiger partial charge in [-0.3, -0.25) is 0 Å². The van der Waals surface area contributed by atoms with Crippen molar-refractivity contribution < 1.29 is 13.2 Å². The fourth-order valence-corrected chi connectivity index (χ4v) is 3.19. The van der Waals surface area contributed by atoms with Gasteiger partial charge in [0, 0.05) is 18.3 Å². The summed E-state index contributed by atoms with van der Waals surface area (Å²) in [6.45, 7) is 2.68. The van der Waals surface area contributed by atoms with E-state index in [1.165, 1.54) is 13.1 Å². The van der Waals surface area contributed by atoms with E-state index < -0.39 is 10.0 Å². The summed E-state index contributed by atoms with van der Waals surface area (Å²) < 4.78 is 31.8. The van der Waals surface area contributed by atoms with Crippen LogP contribution in [0.3, 0.4) is 0 Å². The highest BCUT2D eigenvalue weighted by Crippen LogP contribution is 2.30. The Hall–Kier alpha value is -1.31. The molecule has 0 heterocycles. The first-order valence-corrected chi connectivity index (χ1v) is 8.15. The lowest BCUT2D eigenvalue weighted by Crippen LogP contribution is -2.41. The molecule has 0 aliphatic heterocycles. The van der Waals surface area contributed by atoms with Crippen LogP contribution in [0.5, 0.6) is 0 Å². The number of rotatable bonds is 6. The molecule has 0 aromatic heterocycles. The van der Waals surface area contributed by atoms with Crippen molar-refractivity contribution in [2.75, 3.05) is 24.7 Å². The summed E-state index contributed by atoms with van der Waals surface area (Å²) in [7, 11) is -2.14. The van der Waals surface area contributed by atoms with Gasteiger partial charge in [0.2, 0.25) is 10.0 Å². The summed E-state index contributed by atoms with van der Waals surface area (Å²) in [5.74, 6) is 0. The van der Waals surface area contributed by atoms with E-state index in [2.05, 4.69) is 10.0 Å². The Bertz CT molecular complexity index is 568. The predicted molar refractivity (Wildman–Crippen MR) is 79.2 cm³/mol. The maximum absolute atomic E-state index is 12.0. The normalized spacial score (nSPS) is 22.3. The third-order valence-corrected chi connectivity index (χ3v) is 4.87. The van der Waals surface area contributed by atoms with Gasteiger partial charge in [0.25, 0.3) is 0 Å². The van der Waals surface area contributed by atoms with Gasteiger partial charge in [-0.1, -0.05) is 0 Å². The zero-order valence-corrected chi connectivity index (χ0v) is 12.5. The Labute approximate surface area is 119 Å². The molecule has 1 aromatic carbocycles. The first-order valence-electron chi connectivity index (χ1n) is 6.67. The van der Waals surface area contributed by atoms with E-state index in [0.29, 0.717) is 18.0 Å². The molecule has 0 saturated heterocycles. The third-order valence-electron chi connectivity index (χ3n) is 3.42. The average molecular weight is 299 g/mol. The van der Waals surface area contributed by atoms with Crippen molar-refractivity contribution >= 4 is 21.4 Å². The number of nitrogens with two attached hydrogens (primary N) is 1. The molecule has 6 nitrogen and oxygen atoms in total. The predicted octanol–water partition coefficient (Wildman–Crippen LogP) is 1.16. The molecule has 0 unspecified atom stereocenters. The monoisotopic (exact) mass is 299 g/mol. The van der Waals surface area contributed by atoms with Gasteiger partial charge in [-0.2, -0.15) is 0 Å². The molecule has 0 bridgehead atoms. The Morgan fingerprint density at radius 3 is 2.70 bits per heavy atom. The second kappa shape index (κ2) is 5.99. The van der Waals surface area contributed by atoms with E-state index in [9.17, 15) is 8.42 Å². The molecule has 1 fully saturated rings. The zero-order valence-electron chi connectivity index (χ0n) is 11.7. The highest BCUT2D eigenvalue weighted by Gasteiger charge is 2.30. The smallest absolute Gasteiger partial charge is 0.242 e. The minimum absolute atomic E-state index is 0.180. The second-order valence-corrected chi connectivity index (χ2v) is 6.71. The van der Waals surface area contributed by atoms with Crippen molar-refractivity contribution in [2.24, 2.45) is 0 Å². The minimum atomic E-state index is -3.53. The molecular weight excluding hydrogens is 278 g/mol. The van der Waals surface area contributed by atoms with Crippen molar-refractivity contribution in [3.05, 3.63) is 18.2 Å². The Morgan fingerprint density at radius 1 is 1.40 bits per heavy atom. The summed E-state index contributed by atoms with van der Waals surface area (Å²) in [5, 5.41) is 3.25. The van der Waals surface area contributed by atoms with Crippen molar-refractivity contribution in [1.29, 1.82) is 0 Å². The van der Waals surface area contributed by atoms with Crippen LogP contribution in [0.1, 0.15) is 19.8 Å². The van der Waals surface area contributed by atoms with Crippen LogP contribution in [0.4, 0.5) is 11.4 Å². The second-order valence-electron chi connectivity index (χ2n) is 4.85. The van der Waals surface area contributed by atoms with E-state index in [0.717, 1.165) is 12.8 Å². The van der Waals surface area contributed by atoms with Gasteiger partial charge in [0.1, 0.15) is 4.90 Å². The summed E-state index contributed by atoms with van der Waals surface area (Å²) >= 11 is 0. The van der Waals surface area contributed by atoms with Crippen molar-refractivity contribution in [3.63, 3.8) is 0 Å². The van der Waals surface area contributed by atoms with Crippen molar-refractivity contribution in [2.45, 2.75) is 36.8 Å². The van der Waals surface area contributed by atoms with Crippen molar-refractivity contribution in [1.82, 2.24) is 4.72 Å². The van der Waals surface area contributed by atoms with E-state index in [4.69, 9.17) is 10.5 Å². The average Bonchev–Trinajstić information content (AvgIpc) is 2.38. The van der Waals surface area contributed by atoms with Crippen LogP contribution >= 0.6 is 0 Å². The van der Waals surface area contributed by atoms with E-state index >= 15 is 0 Å². The summed E-state index contributed by atoms with van der Waals surface area (Å²) in [6, 6.07) is 5.09. The van der Waals surface area contributed by atoms with E-state index in [-0.39, 0.29) is 17.0 Å². The number of nitrogens with one attached hydrogen (secondary N) is 2. The Kier molecular flexibility index (Phi) is 4.52. The molecule has 20 heavy (non-hydrogen) atoms. The van der Waals surface area contributed by atoms with Gasteiger partial charge in [-0.25, -0.2) is 13.1 Å². The maximum Gasteiger partial charge on any atom is 0.242 e. The van der Waals surface area contributed by atoms with Crippen LogP contribution in [0.25, 0.3) is 0 Å². The number of nitrogen functional groups attached to an aromatic ring is 1. The molecule has 1 saturated carbocycles. The molecule has 7 heteroatoms.